The molecule has 1 aromatic rings. The standard InChI is InChI=1S/C16H24N2O4/c1-22-15-9-17-13(8-14(15)20)16(21)18-12(10-19)7-11-5-3-2-4-6-11/h8-9,11-12,19H,2-7,10H2,1H3,(H,17,20)(H,18,21)/t12-/m0/s1. The number of ether oxygens (including phenoxy) is 1. The SMILES string of the molecule is COc1c[nH]c(C(=O)N[C@H](CO)CC2CCCCC2)cc1=O. The molecule has 0 saturated heterocycles. The molecule has 1 aliphatic carbocycles. The van der Waals surface area contributed by atoms with E-state index in [-0.39, 0.29) is 35.4 Å². The first-order valence-corrected chi connectivity index (χ1v) is 7.82. The number of methoxy groups -OCH3 is 1. The van der Waals surface area contributed by atoms with Crippen LogP contribution >= 0.6 is 0 Å². The van der Waals surface area contributed by atoms with Gasteiger partial charge in [-0.2, -0.15) is 0 Å². The number of H-pyrrole nitrogens is 1. The van der Waals surface area contributed by atoms with Gasteiger partial charge in [-0.3, -0.25) is 9.59 Å². The summed E-state index contributed by atoms with van der Waals surface area (Å²) in [6.07, 6.45) is 8.19. The van der Waals surface area contributed by atoms with Crippen molar-refractivity contribution in [3.8, 4) is 5.75 Å². The maximum atomic E-state index is 12.2. The van der Waals surface area contributed by atoms with Gasteiger partial charge < -0.3 is 20.1 Å². The summed E-state index contributed by atoms with van der Waals surface area (Å²) in [4.78, 5) is 26.6. The van der Waals surface area contributed by atoms with Crippen LogP contribution in [0.2, 0.25) is 0 Å². The second-order valence-corrected chi connectivity index (χ2v) is 5.87. The second-order valence-electron chi connectivity index (χ2n) is 5.87. The molecule has 1 amide bonds. The van der Waals surface area contributed by atoms with Gasteiger partial charge in [-0.25, -0.2) is 0 Å². The molecule has 0 aliphatic heterocycles. The van der Waals surface area contributed by atoms with E-state index in [2.05, 4.69) is 10.3 Å². The first kappa shape index (κ1) is 16.5. The lowest BCUT2D eigenvalue weighted by molar-refractivity contribution is 0.0896. The number of aromatic amines is 1. The minimum atomic E-state index is -0.380. The molecule has 0 aromatic carbocycles. The summed E-state index contributed by atoms with van der Waals surface area (Å²) in [6.45, 7) is -0.0946. The van der Waals surface area contributed by atoms with Gasteiger partial charge in [0.2, 0.25) is 5.43 Å². The average Bonchev–Trinajstić information content (AvgIpc) is 2.55. The highest BCUT2D eigenvalue weighted by molar-refractivity contribution is 5.92. The summed E-state index contributed by atoms with van der Waals surface area (Å²) in [7, 11) is 1.40. The number of rotatable bonds is 6. The quantitative estimate of drug-likeness (QED) is 0.741. The predicted octanol–water partition coefficient (Wildman–Crippen LogP) is 1.44. The molecule has 1 aromatic heterocycles. The third kappa shape index (κ3) is 4.34. The molecule has 0 bridgehead atoms. The Morgan fingerprint density at radius 3 is 2.77 bits per heavy atom. The molecular formula is C16H24N2O4. The van der Waals surface area contributed by atoms with Gasteiger partial charge in [0, 0.05) is 12.3 Å². The zero-order chi connectivity index (χ0) is 15.9. The number of carbonyl (C=O) groups is 1. The van der Waals surface area contributed by atoms with Crippen LogP contribution in [0.5, 0.6) is 5.75 Å². The van der Waals surface area contributed by atoms with Crippen LogP contribution < -0.4 is 15.5 Å². The molecule has 2 rings (SSSR count). The molecule has 22 heavy (non-hydrogen) atoms. The molecule has 6 nitrogen and oxygen atoms in total. The largest absolute Gasteiger partial charge is 0.491 e. The molecule has 1 aliphatic rings. The molecule has 0 unspecified atom stereocenters. The first-order valence-electron chi connectivity index (χ1n) is 7.82. The molecule has 0 radical (unpaired) electrons. The van der Waals surface area contributed by atoms with Gasteiger partial charge in [-0.1, -0.05) is 32.1 Å². The third-order valence-corrected chi connectivity index (χ3v) is 4.24. The fourth-order valence-electron chi connectivity index (χ4n) is 3.02. The summed E-state index contributed by atoms with van der Waals surface area (Å²) < 4.78 is 4.87. The molecule has 1 heterocycles. The second kappa shape index (κ2) is 7.98. The van der Waals surface area contributed by atoms with E-state index in [0.717, 1.165) is 19.3 Å². The van der Waals surface area contributed by atoms with E-state index in [1.807, 2.05) is 0 Å². The Morgan fingerprint density at radius 2 is 2.18 bits per heavy atom. The van der Waals surface area contributed by atoms with E-state index in [9.17, 15) is 14.7 Å². The van der Waals surface area contributed by atoms with E-state index >= 15 is 0 Å². The Hall–Kier alpha value is -1.82. The van der Waals surface area contributed by atoms with Gasteiger partial charge in [0.25, 0.3) is 5.91 Å². The van der Waals surface area contributed by atoms with Crippen molar-refractivity contribution in [2.75, 3.05) is 13.7 Å². The van der Waals surface area contributed by atoms with E-state index in [1.165, 1.54) is 38.6 Å². The van der Waals surface area contributed by atoms with Crippen LogP contribution in [0.3, 0.4) is 0 Å². The number of aromatic nitrogens is 1. The van der Waals surface area contributed by atoms with Crippen LogP contribution in [-0.4, -0.2) is 35.8 Å². The number of aliphatic hydroxyl groups is 1. The van der Waals surface area contributed by atoms with Crippen molar-refractivity contribution >= 4 is 5.91 Å². The van der Waals surface area contributed by atoms with Crippen molar-refractivity contribution in [2.45, 2.75) is 44.6 Å². The summed E-state index contributed by atoms with van der Waals surface area (Å²) in [6, 6.07) is 0.935. The molecule has 1 saturated carbocycles. The summed E-state index contributed by atoms with van der Waals surface area (Å²) in [5, 5.41) is 12.3. The van der Waals surface area contributed by atoms with Crippen molar-refractivity contribution in [1.82, 2.24) is 10.3 Å². The smallest absolute Gasteiger partial charge is 0.268 e. The normalized spacial score (nSPS) is 17.0. The Labute approximate surface area is 129 Å². The van der Waals surface area contributed by atoms with Gasteiger partial charge in [-0.15, -0.1) is 0 Å². The molecule has 3 N–H and O–H groups in total. The topological polar surface area (TPSA) is 91.4 Å². The highest BCUT2D eigenvalue weighted by atomic mass is 16.5. The van der Waals surface area contributed by atoms with Crippen LogP contribution in [0.1, 0.15) is 49.0 Å². The van der Waals surface area contributed by atoms with Crippen molar-refractivity contribution in [1.29, 1.82) is 0 Å². The number of hydrogen-bond donors (Lipinski definition) is 3. The average molecular weight is 308 g/mol. The lowest BCUT2D eigenvalue weighted by atomic mass is 9.85. The summed E-state index contributed by atoms with van der Waals surface area (Å²) in [5.74, 6) is 0.341. The zero-order valence-electron chi connectivity index (χ0n) is 12.9. The Morgan fingerprint density at radius 1 is 1.45 bits per heavy atom. The fourth-order valence-corrected chi connectivity index (χ4v) is 3.02. The number of amides is 1. The lowest BCUT2D eigenvalue weighted by Gasteiger charge is -2.26. The molecule has 6 heteroatoms. The fraction of sp³-hybridized carbons (Fsp3) is 0.625. The highest BCUT2D eigenvalue weighted by Crippen LogP contribution is 2.27. The van der Waals surface area contributed by atoms with Crippen LogP contribution in [0.4, 0.5) is 0 Å². The number of aliphatic hydroxyl groups excluding tert-OH is 1. The number of hydrogen-bond acceptors (Lipinski definition) is 4. The third-order valence-electron chi connectivity index (χ3n) is 4.24. The Kier molecular flexibility index (Phi) is 6.00. The summed E-state index contributed by atoms with van der Waals surface area (Å²) in [5.41, 5.74) is -0.174. The number of carbonyl (C=O) groups excluding carboxylic acids is 1. The number of pyridine rings is 1. The molecule has 122 valence electrons. The summed E-state index contributed by atoms with van der Waals surface area (Å²) >= 11 is 0. The predicted molar refractivity (Wildman–Crippen MR) is 83.1 cm³/mol. The Balaban J connectivity index is 1.96. The van der Waals surface area contributed by atoms with Gasteiger partial charge in [0.15, 0.2) is 5.75 Å². The maximum Gasteiger partial charge on any atom is 0.268 e. The van der Waals surface area contributed by atoms with E-state index in [1.54, 1.807) is 0 Å². The monoisotopic (exact) mass is 308 g/mol. The van der Waals surface area contributed by atoms with Crippen LogP contribution in [0.15, 0.2) is 17.1 Å². The van der Waals surface area contributed by atoms with Crippen molar-refractivity contribution in [2.24, 2.45) is 5.92 Å². The minimum Gasteiger partial charge on any atom is -0.491 e. The van der Waals surface area contributed by atoms with Gasteiger partial charge in [0.05, 0.1) is 19.8 Å². The van der Waals surface area contributed by atoms with Gasteiger partial charge in [0.1, 0.15) is 5.69 Å². The van der Waals surface area contributed by atoms with E-state index < -0.39 is 0 Å². The first-order chi connectivity index (χ1) is 10.6. The molecule has 0 spiro atoms. The van der Waals surface area contributed by atoms with E-state index in [4.69, 9.17) is 4.74 Å². The van der Waals surface area contributed by atoms with Crippen LogP contribution in [0.25, 0.3) is 0 Å². The van der Waals surface area contributed by atoms with E-state index in [0.29, 0.717) is 5.92 Å². The van der Waals surface area contributed by atoms with Crippen LogP contribution in [0, 0.1) is 5.92 Å². The number of nitrogens with one attached hydrogen (secondary N) is 2. The maximum absolute atomic E-state index is 12.2. The van der Waals surface area contributed by atoms with Crippen molar-refractivity contribution in [3.63, 3.8) is 0 Å². The minimum absolute atomic E-state index is 0.0946. The molecule has 1 fully saturated rings. The molecular weight excluding hydrogens is 284 g/mol. The zero-order valence-corrected chi connectivity index (χ0v) is 12.9. The van der Waals surface area contributed by atoms with Crippen LogP contribution in [-0.2, 0) is 0 Å². The Bertz CT molecular complexity index is 549. The van der Waals surface area contributed by atoms with Crippen molar-refractivity contribution in [3.05, 3.63) is 28.2 Å². The van der Waals surface area contributed by atoms with Gasteiger partial charge >= 0.3 is 0 Å². The highest BCUT2D eigenvalue weighted by Gasteiger charge is 2.21. The van der Waals surface area contributed by atoms with Crippen molar-refractivity contribution < 1.29 is 14.6 Å². The van der Waals surface area contributed by atoms with Gasteiger partial charge in [-0.05, 0) is 12.3 Å². The molecule has 1 atom stereocenters. The lowest BCUT2D eigenvalue weighted by Crippen LogP contribution is -2.39.